The Kier molecular flexibility index (Phi) is 6.84. The maximum absolute atomic E-state index is 9.94. The predicted molar refractivity (Wildman–Crippen MR) is 214 cm³/mol. The number of aromatic nitrogens is 3. The number of nitriles is 1. The Balaban J connectivity index is 1.24. The summed E-state index contributed by atoms with van der Waals surface area (Å²) < 4.78 is 4.58. The molecular formula is C48H30N4. The summed E-state index contributed by atoms with van der Waals surface area (Å²) in [6, 6.07) is 64.0. The van der Waals surface area contributed by atoms with Crippen LogP contribution in [0.15, 0.2) is 182 Å². The van der Waals surface area contributed by atoms with E-state index in [1.54, 1.807) is 0 Å². The molecule has 0 bridgehead atoms. The van der Waals surface area contributed by atoms with Crippen LogP contribution in [-0.4, -0.2) is 14.1 Å². The minimum atomic E-state index is 0.613. The third-order valence-electron chi connectivity index (χ3n) is 10.2. The number of pyridine rings is 1. The lowest BCUT2D eigenvalue weighted by Crippen LogP contribution is -2.03. The van der Waals surface area contributed by atoms with Gasteiger partial charge in [-0.3, -0.25) is 4.57 Å². The Labute approximate surface area is 300 Å². The van der Waals surface area contributed by atoms with Crippen molar-refractivity contribution >= 4 is 43.6 Å². The van der Waals surface area contributed by atoms with Crippen LogP contribution in [0.1, 0.15) is 5.56 Å². The quantitative estimate of drug-likeness (QED) is 0.184. The molecule has 3 aromatic heterocycles. The highest BCUT2D eigenvalue weighted by Crippen LogP contribution is 2.40. The maximum Gasteiger partial charge on any atom is 0.138 e. The third kappa shape index (κ3) is 4.72. The standard InChI is InChI=1S/C48H30N4/c49-30-32-12-11-17-37(26-32)40-29-48(52-44-21-10-8-19-39(44)42-28-36(23-25-46(42)52)34-15-5-2-6-16-34)50-31-47(40)51-43-20-9-7-18-38(43)41-27-35(22-24-45(41)51)33-13-3-1-4-14-33/h1-29,31H. The molecule has 0 unspecified atom stereocenters. The normalized spacial score (nSPS) is 11.4. The molecule has 0 atom stereocenters. The topological polar surface area (TPSA) is 46.5 Å². The van der Waals surface area contributed by atoms with Crippen LogP contribution in [0.25, 0.3) is 88.5 Å². The third-order valence-corrected chi connectivity index (χ3v) is 10.2. The van der Waals surface area contributed by atoms with Gasteiger partial charge in [-0.2, -0.15) is 5.26 Å². The molecule has 4 nitrogen and oxygen atoms in total. The molecule has 52 heavy (non-hydrogen) atoms. The monoisotopic (exact) mass is 662 g/mol. The molecule has 0 aliphatic rings. The summed E-state index contributed by atoms with van der Waals surface area (Å²) in [6.07, 6.45) is 2.00. The van der Waals surface area contributed by atoms with Crippen molar-refractivity contribution in [3.63, 3.8) is 0 Å². The molecule has 0 radical (unpaired) electrons. The fraction of sp³-hybridized carbons (Fsp3) is 0. The van der Waals surface area contributed by atoms with Gasteiger partial charge in [0.15, 0.2) is 0 Å². The largest absolute Gasteiger partial charge is 0.307 e. The van der Waals surface area contributed by atoms with E-state index in [0.29, 0.717) is 5.56 Å². The van der Waals surface area contributed by atoms with Gasteiger partial charge in [0.1, 0.15) is 5.82 Å². The number of nitrogens with zero attached hydrogens (tertiary/aromatic N) is 4. The van der Waals surface area contributed by atoms with Crippen LogP contribution in [0, 0.1) is 11.3 Å². The lowest BCUT2D eigenvalue weighted by atomic mass is 10.0. The second kappa shape index (κ2) is 12.0. The summed E-state index contributed by atoms with van der Waals surface area (Å²) in [5.74, 6) is 0.812. The SMILES string of the molecule is N#Cc1cccc(-c2cc(-n3c4ccccc4c4cc(-c5ccccc5)ccc43)ncc2-n2c3ccccc3c3cc(-c4ccccc4)ccc32)c1. The first-order valence-corrected chi connectivity index (χ1v) is 17.4. The van der Waals surface area contributed by atoms with Gasteiger partial charge < -0.3 is 4.57 Å². The van der Waals surface area contributed by atoms with Gasteiger partial charge in [-0.1, -0.05) is 121 Å². The van der Waals surface area contributed by atoms with E-state index in [0.717, 1.165) is 44.7 Å². The van der Waals surface area contributed by atoms with E-state index >= 15 is 0 Å². The van der Waals surface area contributed by atoms with Crippen molar-refractivity contribution in [2.45, 2.75) is 0 Å². The number of hydrogen-bond donors (Lipinski definition) is 0. The van der Waals surface area contributed by atoms with Crippen LogP contribution >= 0.6 is 0 Å². The van der Waals surface area contributed by atoms with E-state index in [4.69, 9.17) is 4.98 Å². The second-order valence-corrected chi connectivity index (χ2v) is 13.2. The molecule has 3 heterocycles. The highest BCUT2D eigenvalue weighted by molar-refractivity contribution is 6.12. The molecule has 7 aromatic carbocycles. The van der Waals surface area contributed by atoms with Crippen molar-refractivity contribution < 1.29 is 0 Å². The van der Waals surface area contributed by atoms with E-state index in [1.165, 1.54) is 43.8 Å². The molecule has 10 rings (SSSR count). The predicted octanol–water partition coefficient (Wildman–Crippen LogP) is 12.1. The van der Waals surface area contributed by atoms with E-state index in [2.05, 4.69) is 173 Å². The molecule has 0 aliphatic carbocycles. The van der Waals surface area contributed by atoms with Crippen LogP contribution in [0.3, 0.4) is 0 Å². The Hall–Kier alpha value is -7.22. The van der Waals surface area contributed by atoms with Crippen molar-refractivity contribution in [1.82, 2.24) is 14.1 Å². The molecule has 0 fully saturated rings. The van der Waals surface area contributed by atoms with E-state index < -0.39 is 0 Å². The Morgan fingerprint density at radius 3 is 1.54 bits per heavy atom. The van der Waals surface area contributed by atoms with Crippen LogP contribution in [-0.2, 0) is 0 Å². The number of benzene rings is 7. The summed E-state index contributed by atoms with van der Waals surface area (Å²) in [5.41, 5.74) is 12.6. The number of rotatable bonds is 5. The summed E-state index contributed by atoms with van der Waals surface area (Å²) >= 11 is 0. The molecule has 0 aliphatic heterocycles. The second-order valence-electron chi connectivity index (χ2n) is 13.2. The first kappa shape index (κ1) is 29.7. The van der Waals surface area contributed by atoms with Gasteiger partial charge in [0.25, 0.3) is 0 Å². The minimum absolute atomic E-state index is 0.613. The summed E-state index contributed by atoms with van der Waals surface area (Å²) in [5, 5.41) is 14.6. The zero-order valence-electron chi connectivity index (χ0n) is 28.1. The van der Waals surface area contributed by atoms with E-state index in [9.17, 15) is 5.26 Å². The summed E-state index contributed by atoms with van der Waals surface area (Å²) in [7, 11) is 0. The van der Waals surface area contributed by atoms with Gasteiger partial charge >= 0.3 is 0 Å². The smallest absolute Gasteiger partial charge is 0.138 e. The average Bonchev–Trinajstić information content (AvgIpc) is 3.73. The molecule has 0 spiro atoms. The zero-order chi connectivity index (χ0) is 34.6. The first-order chi connectivity index (χ1) is 25.7. The van der Waals surface area contributed by atoms with Crippen LogP contribution in [0.2, 0.25) is 0 Å². The van der Waals surface area contributed by atoms with Crippen molar-refractivity contribution in [3.05, 3.63) is 188 Å². The molecule has 0 N–H and O–H groups in total. The van der Waals surface area contributed by atoms with Crippen LogP contribution in [0.5, 0.6) is 0 Å². The van der Waals surface area contributed by atoms with Crippen molar-refractivity contribution in [2.24, 2.45) is 0 Å². The molecule has 10 aromatic rings. The fourth-order valence-corrected chi connectivity index (χ4v) is 7.80. The summed E-state index contributed by atoms with van der Waals surface area (Å²) in [4.78, 5) is 5.24. The Morgan fingerprint density at radius 2 is 0.923 bits per heavy atom. The number of fused-ring (bicyclic) bond motifs is 6. The highest BCUT2D eigenvalue weighted by Gasteiger charge is 2.20. The Morgan fingerprint density at radius 1 is 0.404 bits per heavy atom. The molecule has 242 valence electrons. The fourth-order valence-electron chi connectivity index (χ4n) is 7.80. The van der Waals surface area contributed by atoms with E-state index in [-0.39, 0.29) is 0 Å². The van der Waals surface area contributed by atoms with Gasteiger partial charge in [-0.25, -0.2) is 4.98 Å². The lowest BCUT2D eigenvalue weighted by Gasteiger charge is -2.17. The van der Waals surface area contributed by atoms with Crippen molar-refractivity contribution in [3.8, 4) is 51.0 Å². The van der Waals surface area contributed by atoms with Gasteiger partial charge in [0.2, 0.25) is 0 Å². The van der Waals surface area contributed by atoms with Gasteiger partial charge in [0, 0.05) is 27.1 Å². The highest BCUT2D eigenvalue weighted by atomic mass is 15.1. The minimum Gasteiger partial charge on any atom is -0.307 e. The van der Waals surface area contributed by atoms with Crippen molar-refractivity contribution in [1.29, 1.82) is 5.26 Å². The molecule has 0 saturated carbocycles. The molecular weight excluding hydrogens is 633 g/mol. The van der Waals surface area contributed by atoms with Gasteiger partial charge in [0.05, 0.1) is 45.6 Å². The van der Waals surface area contributed by atoms with Crippen LogP contribution < -0.4 is 0 Å². The number of hydrogen-bond acceptors (Lipinski definition) is 2. The Bertz CT molecular complexity index is 3020. The lowest BCUT2D eigenvalue weighted by molar-refractivity contribution is 1.06. The average molecular weight is 663 g/mol. The summed E-state index contributed by atoms with van der Waals surface area (Å²) in [6.45, 7) is 0. The van der Waals surface area contributed by atoms with Gasteiger partial charge in [-0.15, -0.1) is 0 Å². The maximum atomic E-state index is 9.94. The molecule has 0 amide bonds. The van der Waals surface area contributed by atoms with Crippen molar-refractivity contribution in [2.75, 3.05) is 0 Å². The first-order valence-electron chi connectivity index (χ1n) is 17.4. The van der Waals surface area contributed by atoms with Crippen LogP contribution in [0.4, 0.5) is 0 Å². The van der Waals surface area contributed by atoms with E-state index in [1.807, 2.05) is 24.4 Å². The molecule has 0 saturated heterocycles. The molecule has 4 heteroatoms. The van der Waals surface area contributed by atoms with Gasteiger partial charge in [-0.05, 0) is 82.4 Å². The zero-order valence-corrected chi connectivity index (χ0v) is 28.1. The number of para-hydroxylation sites is 2.